The van der Waals surface area contributed by atoms with Gasteiger partial charge in [-0.2, -0.15) is 0 Å². The molecule has 0 fully saturated rings. The number of halogens is 2. The average Bonchev–Trinajstić information content (AvgIpc) is 2.99. The molecule has 2 N–H and O–H groups in total. The summed E-state index contributed by atoms with van der Waals surface area (Å²) < 4.78 is 15.7. The Bertz CT molecular complexity index is 1000. The van der Waals surface area contributed by atoms with Gasteiger partial charge in [-0.3, -0.25) is 9.59 Å². The molecule has 0 aliphatic carbocycles. The molecule has 0 unspecified atom stereocenters. The van der Waals surface area contributed by atoms with E-state index in [2.05, 4.69) is 36.9 Å². The van der Waals surface area contributed by atoms with Crippen LogP contribution in [-0.4, -0.2) is 26.8 Å². The molecule has 2 aromatic carbocycles. The molecule has 0 aliphatic rings. The minimum Gasteiger partial charge on any atom is -0.323 e. The number of rotatable bonds is 5. The molecule has 0 spiro atoms. The van der Waals surface area contributed by atoms with Gasteiger partial charge in [-0.1, -0.05) is 29.5 Å². The van der Waals surface area contributed by atoms with E-state index in [1.54, 1.807) is 25.1 Å². The van der Waals surface area contributed by atoms with Gasteiger partial charge in [0.15, 0.2) is 5.69 Å². The Morgan fingerprint density at radius 3 is 2.44 bits per heavy atom. The standard InChI is InChI=1S/C18H15BrFN5O2/c1-11-17(18(27)22-15-9-5-3-7-13(15)20)23-24-25(11)10-16(26)21-14-8-4-2-6-12(14)19/h2-9H,10H2,1H3,(H,21,26)(H,22,27). The van der Waals surface area contributed by atoms with Crippen LogP contribution in [0, 0.1) is 12.7 Å². The fraction of sp³-hybridized carbons (Fsp3) is 0.111. The number of carbonyl (C=O) groups excluding carboxylic acids is 2. The first kappa shape index (κ1) is 18.7. The van der Waals surface area contributed by atoms with Crippen molar-refractivity contribution in [2.45, 2.75) is 13.5 Å². The second-order valence-corrected chi connectivity index (χ2v) is 6.50. The number of nitrogens with zero attached hydrogens (tertiary/aromatic N) is 3. The molecule has 1 heterocycles. The van der Waals surface area contributed by atoms with Gasteiger partial charge in [0.2, 0.25) is 5.91 Å². The summed E-state index contributed by atoms with van der Waals surface area (Å²) in [6.45, 7) is 1.50. The number of nitrogens with one attached hydrogen (secondary N) is 2. The molecule has 2 amide bonds. The van der Waals surface area contributed by atoms with Crippen LogP contribution in [0.3, 0.4) is 0 Å². The number of para-hydroxylation sites is 2. The number of carbonyl (C=O) groups is 2. The maximum atomic E-state index is 13.7. The van der Waals surface area contributed by atoms with Crippen molar-refractivity contribution in [3.05, 3.63) is 70.2 Å². The lowest BCUT2D eigenvalue weighted by molar-refractivity contribution is -0.117. The van der Waals surface area contributed by atoms with Crippen LogP contribution in [0.2, 0.25) is 0 Å². The predicted molar refractivity (Wildman–Crippen MR) is 102 cm³/mol. The monoisotopic (exact) mass is 431 g/mol. The Labute approximate surface area is 162 Å². The van der Waals surface area contributed by atoms with Gasteiger partial charge in [0.25, 0.3) is 5.91 Å². The summed E-state index contributed by atoms with van der Waals surface area (Å²) in [5.41, 5.74) is 1.08. The highest BCUT2D eigenvalue weighted by atomic mass is 79.9. The van der Waals surface area contributed by atoms with E-state index in [4.69, 9.17) is 0 Å². The molecule has 7 nitrogen and oxygen atoms in total. The van der Waals surface area contributed by atoms with Crippen LogP contribution in [0.1, 0.15) is 16.2 Å². The minimum absolute atomic E-state index is 0.0203. The summed E-state index contributed by atoms with van der Waals surface area (Å²) in [7, 11) is 0. The van der Waals surface area contributed by atoms with Crippen LogP contribution in [0.25, 0.3) is 0 Å². The molecule has 0 aliphatic heterocycles. The van der Waals surface area contributed by atoms with Gasteiger partial charge in [0, 0.05) is 4.47 Å². The molecule has 3 aromatic rings. The Hall–Kier alpha value is -3.07. The third-order valence-corrected chi connectivity index (χ3v) is 4.45. The van der Waals surface area contributed by atoms with E-state index in [9.17, 15) is 14.0 Å². The van der Waals surface area contributed by atoms with Gasteiger partial charge >= 0.3 is 0 Å². The third kappa shape index (κ3) is 4.37. The zero-order chi connectivity index (χ0) is 19.4. The Morgan fingerprint density at radius 2 is 1.74 bits per heavy atom. The lowest BCUT2D eigenvalue weighted by atomic mass is 10.2. The fourth-order valence-electron chi connectivity index (χ4n) is 2.35. The minimum atomic E-state index is -0.602. The van der Waals surface area contributed by atoms with Crippen molar-refractivity contribution in [3.63, 3.8) is 0 Å². The van der Waals surface area contributed by atoms with Crippen molar-refractivity contribution in [1.29, 1.82) is 0 Å². The molecule has 138 valence electrons. The number of amides is 2. The average molecular weight is 432 g/mol. The van der Waals surface area contributed by atoms with E-state index in [-0.39, 0.29) is 23.8 Å². The van der Waals surface area contributed by atoms with Crippen molar-refractivity contribution in [3.8, 4) is 0 Å². The van der Waals surface area contributed by atoms with Crippen molar-refractivity contribution < 1.29 is 14.0 Å². The van der Waals surface area contributed by atoms with Crippen molar-refractivity contribution in [1.82, 2.24) is 15.0 Å². The number of hydrogen-bond acceptors (Lipinski definition) is 4. The smallest absolute Gasteiger partial charge is 0.278 e. The lowest BCUT2D eigenvalue weighted by Crippen LogP contribution is -2.21. The molecular formula is C18H15BrFN5O2. The van der Waals surface area contributed by atoms with E-state index in [0.717, 1.165) is 4.47 Å². The molecule has 0 radical (unpaired) electrons. The topological polar surface area (TPSA) is 88.9 Å². The van der Waals surface area contributed by atoms with Crippen molar-refractivity contribution in [2.24, 2.45) is 0 Å². The molecular weight excluding hydrogens is 417 g/mol. The van der Waals surface area contributed by atoms with Gasteiger partial charge in [-0.05, 0) is 47.1 Å². The molecule has 0 atom stereocenters. The maximum Gasteiger partial charge on any atom is 0.278 e. The number of hydrogen-bond donors (Lipinski definition) is 2. The molecule has 0 bridgehead atoms. The van der Waals surface area contributed by atoms with Crippen molar-refractivity contribution in [2.75, 3.05) is 10.6 Å². The molecule has 0 saturated carbocycles. The summed E-state index contributed by atoms with van der Waals surface area (Å²) in [6, 6.07) is 13.0. The van der Waals surface area contributed by atoms with Crippen LogP contribution in [-0.2, 0) is 11.3 Å². The first-order valence-electron chi connectivity index (χ1n) is 7.96. The maximum absolute atomic E-state index is 13.7. The van der Waals surface area contributed by atoms with Crippen LogP contribution in [0.4, 0.5) is 15.8 Å². The van der Waals surface area contributed by atoms with E-state index < -0.39 is 11.7 Å². The first-order valence-corrected chi connectivity index (χ1v) is 8.75. The first-order chi connectivity index (χ1) is 13.0. The highest BCUT2D eigenvalue weighted by molar-refractivity contribution is 9.10. The lowest BCUT2D eigenvalue weighted by Gasteiger charge is -2.08. The summed E-state index contributed by atoms with van der Waals surface area (Å²) in [5, 5.41) is 12.8. The Kier molecular flexibility index (Phi) is 5.60. The zero-order valence-electron chi connectivity index (χ0n) is 14.2. The number of benzene rings is 2. The summed E-state index contributed by atoms with van der Waals surface area (Å²) in [4.78, 5) is 24.6. The molecule has 9 heteroatoms. The summed E-state index contributed by atoms with van der Waals surface area (Å²) in [6.07, 6.45) is 0. The van der Waals surface area contributed by atoms with Crippen LogP contribution in [0.15, 0.2) is 53.0 Å². The van der Waals surface area contributed by atoms with Gasteiger partial charge in [0.1, 0.15) is 12.4 Å². The zero-order valence-corrected chi connectivity index (χ0v) is 15.8. The quantitative estimate of drug-likeness (QED) is 0.647. The number of aromatic nitrogens is 3. The van der Waals surface area contributed by atoms with Gasteiger partial charge < -0.3 is 10.6 Å². The highest BCUT2D eigenvalue weighted by Gasteiger charge is 2.19. The molecule has 1 aromatic heterocycles. The van der Waals surface area contributed by atoms with Crippen LogP contribution in [0.5, 0.6) is 0 Å². The van der Waals surface area contributed by atoms with E-state index in [1.165, 1.54) is 22.9 Å². The molecule has 27 heavy (non-hydrogen) atoms. The molecule has 0 saturated heterocycles. The fourth-order valence-corrected chi connectivity index (χ4v) is 2.74. The summed E-state index contributed by atoms with van der Waals surface area (Å²) in [5.74, 6) is -1.48. The van der Waals surface area contributed by atoms with E-state index in [0.29, 0.717) is 11.4 Å². The molecule has 3 rings (SSSR count). The predicted octanol–water partition coefficient (Wildman–Crippen LogP) is 3.38. The van der Waals surface area contributed by atoms with Gasteiger partial charge in [-0.25, -0.2) is 9.07 Å². The third-order valence-electron chi connectivity index (χ3n) is 3.76. The second kappa shape index (κ2) is 8.09. The second-order valence-electron chi connectivity index (χ2n) is 5.64. The van der Waals surface area contributed by atoms with Gasteiger partial charge in [0.05, 0.1) is 17.1 Å². The van der Waals surface area contributed by atoms with Crippen molar-refractivity contribution >= 4 is 39.1 Å². The normalized spacial score (nSPS) is 10.5. The van der Waals surface area contributed by atoms with E-state index in [1.807, 2.05) is 12.1 Å². The summed E-state index contributed by atoms with van der Waals surface area (Å²) >= 11 is 3.35. The van der Waals surface area contributed by atoms with E-state index >= 15 is 0 Å². The largest absolute Gasteiger partial charge is 0.323 e. The Balaban J connectivity index is 1.69. The van der Waals surface area contributed by atoms with Gasteiger partial charge in [-0.15, -0.1) is 5.10 Å². The SMILES string of the molecule is Cc1c(C(=O)Nc2ccccc2F)nnn1CC(=O)Nc1ccccc1Br. The number of anilines is 2. The van der Waals surface area contributed by atoms with Crippen LogP contribution >= 0.6 is 15.9 Å². The van der Waals surface area contributed by atoms with Crippen LogP contribution < -0.4 is 10.6 Å². The highest BCUT2D eigenvalue weighted by Crippen LogP contribution is 2.21. The Morgan fingerprint density at radius 1 is 1.07 bits per heavy atom.